The van der Waals surface area contributed by atoms with Crippen molar-refractivity contribution in [1.82, 2.24) is 10.6 Å². The lowest BCUT2D eigenvalue weighted by Crippen LogP contribution is -2.31. The SMILES string of the molecule is O=C1NC(=O)C(Cc2ccc(N/C(=C3\C(=O)Nc4ccc([N+](=O)[O-])cc43)c3ccccc3)cc2)N1. The Balaban J connectivity index is 1.50. The molecule has 35 heavy (non-hydrogen) atoms. The molecular weight excluding hydrogens is 450 g/mol. The fraction of sp³-hybridized carbons (Fsp3) is 0.0800. The summed E-state index contributed by atoms with van der Waals surface area (Å²) in [6.45, 7) is 0. The molecule has 2 aliphatic rings. The van der Waals surface area contributed by atoms with Crippen LogP contribution in [-0.2, 0) is 16.0 Å². The highest BCUT2D eigenvalue weighted by molar-refractivity contribution is 6.37. The van der Waals surface area contributed by atoms with E-state index < -0.39 is 17.0 Å². The lowest BCUT2D eigenvalue weighted by atomic mass is 9.99. The van der Waals surface area contributed by atoms with Crippen LogP contribution in [0.1, 0.15) is 16.7 Å². The van der Waals surface area contributed by atoms with E-state index in [1.807, 2.05) is 42.5 Å². The fourth-order valence-electron chi connectivity index (χ4n) is 4.11. The Labute approximate surface area is 199 Å². The van der Waals surface area contributed by atoms with Gasteiger partial charge in [-0.1, -0.05) is 42.5 Å². The van der Waals surface area contributed by atoms with E-state index in [4.69, 9.17) is 0 Å². The maximum absolute atomic E-state index is 13.0. The minimum absolute atomic E-state index is 0.113. The molecule has 0 spiro atoms. The second-order valence-corrected chi connectivity index (χ2v) is 8.10. The van der Waals surface area contributed by atoms with Crippen molar-refractivity contribution in [3.8, 4) is 0 Å². The molecule has 2 heterocycles. The number of non-ortho nitro benzene ring substituents is 1. The van der Waals surface area contributed by atoms with Crippen LogP contribution in [0.5, 0.6) is 0 Å². The Kier molecular flexibility index (Phi) is 5.46. The number of hydrogen-bond acceptors (Lipinski definition) is 6. The van der Waals surface area contributed by atoms with Gasteiger partial charge >= 0.3 is 6.03 Å². The largest absolute Gasteiger partial charge is 0.354 e. The number of rotatable bonds is 6. The molecule has 0 bridgehead atoms. The van der Waals surface area contributed by atoms with Gasteiger partial charge in [-0.3, -0.25) is 25.0 Å². The molecule has 2 aliphatic heterocycles. The lowest BCUT2D eigenvalue weighted by molar-refractivity contribution is -0.384. The van der Waals surface area contributed by atoms with Crippen LogP contribution < -0.4 is 21.3 Å². The maximum atomic E-state index is 13.0. The number of carbonyl (C=O) groups is 3. The quantitative estimate of drug-likeness (QED) is 0.189. The van der Waals surface area contributed by atoms with Crippen LogP contribution in [0.25, 0.3) is 11.3 Å². The number of benzene rings is 3. The van der Waals surface area contributed by atoms with Crippen molar-refractivity contribution in [2.45, 2.75) is 12.5 Å². The summed E-state index contributed by atoms with van der Waals surface area (Å²) in [5.74, 6) is -0.736. The Morgan fingerprint density at radius 1 is 0.943 bits per heavy atom. The molecule has 1 saturated heterocycles. The third-order valence-corrected chi connectivity index (χ3v) is 5.79. The molecule has 0 saturated carbocycles. The average molecular weight is 469 g/mol. The first kappa shape index (κ1) is 21.8. The number of carbonyl (C=O) groups excluding carboxylic acids is 3. The fourth-order valence-corrected chi connectivity index (χ4v) is 4.11. The molecule has 3 aromatic carbocycles. The van der Waals surface area contributed by atoms with E-state index in [1.54, 1.807) is 12.1 Å². The van der Waals surface area contributed by atoms with Crippen molar-refractivity contribution < 1.29 is 19.3 Å². The van der Waals surface area contributed by atoms with Crippen molar-refractivity contribution >= 4 is 46.2 Å². The van der Waals surface area contributed by atoms with E-state index in [9.17, 15) is 24.5 Å². The summed E-state index contributed by atoms with van der Waals surface area (Å²) in [5.41, 5.74) is 3.86. The van der Waals surface area contributed by atoms with Crippen molar-refractivity contribution in [2.75, 3.05) is 10.6 Å². The average Bonchev–Trinajstić information content (AvgIpc) is 3.35. The standard InChI is InChI=1S/C25H19N5O5/c31-23-20(28-25(33)29-23)12-14-6-8-16(9-7-14)26-22(15-4-2-1-3-5-15)21-18-13-17(30(34)35)10-11-19(18)27-24(21)32/h1-11,13,20,26H,12H2,(H,27,32)(H2,28,29,31,33)/b22-21-. The van der Waals surface area contributed by atoms with E-state index >= 15 is 0 Å². The van der Waals surface area contributed by atoms with Gasteiger partial charge in [0.1, 0.15) is 6.04 Å². The van der Waals surface area contributed by atoms with E-state index in [-0.39, 0.29) is 17.5 Å². The van der Waals surface area contributed by atoms with Crippen LogP contribution in [0.3, 0.4) is 0 Å². The number of imide groups is 1. The summed E-state index contributed by atoms with van der Waals surface area (Å²) in [6.07, 6.45) is 0.337. The molecule has 1 fully saturated rings. The van der Waals surface area contributed by atoms with Gasteiger partial charge in [-0.05, 0) is 29.3 Å². The molecule has 0 aliphatic carbocycles. The van der Waals surface area contributed by atoms with Crippen LogP contribution >= 0.6 is 0 Å². The first-order valence-electron chi connectivity index (χ1n) is 10.8. The number of anilines is 2. The summed E-state index contributed by atoms with van der Waals surface area (Å²) in [5, 5.41) is 22.2. The van der Waals surface area contributed by atoms with Crippen LogP contribution in [0.2, 0.25) is 0 Å². The van der Waals surface area contributed by atoms with Crippen molar-refractivity contribution in [3.63, 3.8) is 0 Å². The number of nitrogens with one attached hydrogen (secondary N) is 4. The second-order valence-electron chi connectivity index (χ2n) is 8.10. The highest BCUT2D eigenvalue weighted by Crippen LogP contribution is 2.39. The van der Waals surface area contributed by atoms with Gasteiger partial charge in [0.2, 0.25) is 0 Å². The molecule has 1 unspecified atom stereocenters. The summed E-state index contributed by atoms with van der Waals surface area (Å²) in [4.78, 5) is 47.0. The first-order chi connectivity index (χ1) is 16.9. The Bertz CT molecular complexity index is 1400. The van der Waals surface area contributed by atoms with Gasteiger partial charge in [0, 0.05) is 35.5 Å². The summed E-state index contributed by atoms with van der Waals surface area (Å²) < 4.78 is 0. The zero-order valence-corrected chi connectivity index (χ0v) is 18.2. The summed E-state index contributed by atoms with van der Waals surface area (Å²) >= 11 is 0. The highest BCUT2D eigenvalue weighted by Gasteiger charge is 2.31. The number of amides is 4. The minimum Gasteiger partial charge on any atom is -0.354 e. The zero-order valence-electron chi connectivity index (χ0n) is 18.2. The Hall–Kier alpha value is -4.99. The summed E-state index contributed by atoms with van der Waals surface area (Å²) in [6, 6.07) is 19.6. The van der Waals surface area contributed by atoms with E-state index in [0.29, 0.717) is 34.6 Å². The third-order valence-electron chi connectivity index (χ3n) is 5.79. The van der Waals surface area contributed by atoms with Gasteiger partial charge < -0.3 is 16.0 Å². The van der Waals surface area contributed by atoms with E-state index in [0.717, 1.165) is 11.1 Å². The number of nitro benzene ring substituents is 1. The molecule has 10 heteroatoms. The normalized spacial score (nSPS) is 17.8. The number of nitrogens with zero attached hydrogens (tertiary/aromatic N) is 1. The van der Waals surface area contributed by atoms with Crippen molar-refractivity contribution in [2.24, 2.45) is 0 Å². The molecule has 3 aromatic rings. The van der Waals surface area contributed by atoms with Crippen molar-refractivity contribution in [3.05, 3.63) is 99.6 Å². The van der Waals surface area contributed by atoms with Gasteiger partial charge in [-0.2, -0.15) is 0 Å². The predicted molar refractivity (Wildman–Crippen MR) is 129 cm³/mol. The number of nitro groups is 1. The zero-order chi connectivity index (χ0) is 24.5. The number of fused-ring (bicyclic) bond motifs is 1. The monoisotopic (exact) mass is 469 g/mol. The molecule has 10 nitrogen and oxygen atoms in total. The van der Waals surface area contributed by atoms with Crippen LogP contribution in [0.4, 0.5) is 21.9 Å². The molecule has 1 atom stereocenters. The molecule has 0 aromatic heterocycles. The first-order valence-corrected chi connectivity index (χ1v) is 10.8. The smallest absolute Gasteiger partial charge is 0.322 e. The van der Waals surface area contributed by atoms with E-state index in [2.05, 4.69) is 21.3 Å². The van der Waals surface area contributed by atoms with Gasteiger partial charge in [0.25, 0.3) is 17.5 Å². The number of urea groups is 1. The molecule has 4 N–H and O–H groups in total. The Morgan fingerprint density at radius 2 is 1.69 bits per heavy atom. The third kappa shape index (κ3) is 4.32. The van der Waals surface area contributed by atoms with Crippen LogP contribution in [0, 0.1) is 10.1 Å². The molecule has 5 rings (SSSR count). The van der Waals surface area contributed by atoms with E-state index in [1.165, 1.54) is 18.2 Å². The number of hydrogen-bond donors (Lipinski definition) is 4. The van der Waals surface area contributed by atoms with Gasteiger partial charge in [-0.15, -0.1) is 0 Å². The minimum atomic E-state index is -0.627. The molecule has 4 amide bonds. The van der Waals surface area contributed by atoms with Gasteiger partial charge in [-0.25, -0.2) is 4.79 Å². The van der Waals surface area contributed by atoms with Gasteiger partial charge in [0.05, 0.1) is 16.2 Å². The summed E-state index contributed by atoms with van der Waals surface area (Å²) in [7, 11) is 0. The second kappa shape index (κ2) is 8.75. The van der Waals surface area contributed by atoms with Crippen LogP contribution in [0.15, 0.2) is 72.8 Å². The van der Waals surface area contributed by atoms with Crippen LogP contribution in [-0.4, -0.2) is 28.8 Å². The van der Waals surface area contributed by atoms with Crippen molar-refractivity contribution in [1.29, 1.82) is 0 Å². The molecular formula is C25H19N5O5. The molecule has 174 valence electrons. The Morgan fingerprint density at radius 3 is 2.34 bits per heavy atom. The maximum Gasteiger partial charge on any atom is 0.322 e. The molecule has 0 radical (unpaired) electrons. The predicted octanol–water partition coefficient (Wildman–Crippen LogP) is 3.28. The lowest BCUT2D eigenvalue weighted by Gasteiger charge is -2.15. The highest BCUT2D eigenvalue weighted by atomic mass is 16.6. The van der Waals surface area contributed by atoms with Gasteiger partial charge in [0.15, 0.2) is 0 Å². The topological polar surface area (TPSA) is 142 Å².